The Labute approximate surface area is 88.5 Å². The number of urea groups is 1. The molecular formula is C8H14N2O4S. The Morgan fingerprint density at radius 3 is 2.53 bits per heavy atom. The van der Waals surface area contributed by atoms with Gasteiger partial charge in [-0.3, -0.25) is 10.1 Å². The zero-order valence-electron chi connectivity index (χ0n) is 8.69. The smallest absolute Gasteiger partial charge is 0.320 e. The zero-order chi connectivity index (χ0) is 11.6. The highest BCUT2D eigenvalue weighted by atomic mass is 32.2. The van der Waals surface area contributed by atoms with Gasteiger partial charge in [0.1, 0.15) is 9.84 Å². The van der Waals surface area contributed by atoms with E-state index in [0.29, 0.717) is 0 Å². The summed E-state index contributed by atoms with van der Waals surface area (Å²) in [7, 11) is -3.12. The molecule has 0 aromatic rings. The average molecular weight is 234 g/mol. The molecule has 0 spiro atoms. The van der Waals surface area contributed by atoms with E-state index in [4.69, 9.17) is 0 Å². The van der Waals surface area contributed by atoms with E-state index in [-0.39, 0.29) is 24.6 Å². The summed E-state index contributed by atoms with van der Waals surface area (Å²) in [6.07, 6.45) is 1.34. The highest BCUT2D eigenvalue weighted by Crippen LogP contribution is 2.07. The summed E-state index contributed by atoms with van der Waals surface area (Å²) in [4.78, 5) is 23.5. The van der Waals surface area contributed by atoms with E-state index in [2.05, 4.69) is 5.32 Å². The van der Waals surface area contributed by atoms with Crippen LogP contribution in [0.3, 0.4) is 0 Å². The Morgan fingerprint density at radius 2 is 2.07 bits per heavy atom. The van der Waals surface area contributed by atoms with Crippen LogP contribution < -0.4 is 5.32 Å². The number of amides is 3. The first-order valence-electron chi connectivity index (χ1n) is 4.58. The molecular weight excluding hydrogens is 220 g/mol. The van der Waals surface area contributed by atoms with Gasteiger partial charge in [-0.25, -0.2) is 13.2 Å². The van der Waals surface area contributed by atoms with Crippen LogP contribution >= 0.6 is 0 Å². The maximum absolute atomic E-state index is 11.3. The van der Waals surface area contributed by atoms with E-state index in [1.54, 1.807) is 6.92 Å². The standard InChI is InChI=1S/C8H14N2O4S/c1-6(5-15(2,13)14)10-4-3-7(11)9-8(10)12/h6H,3-5H2,1-2H3,(H,9,11,12). The van der Waals surface area contributed by atoms with Crippen molar-refractivity contribution in [2.45, 2.75) is 19.4 Å². The first-order valence-corrected chi connectivity index (χ1v) is 6.64. The maximum Gasteiger partial charge on any atom is 0.324 e. The zero-order valence-corrected chi connectivity index (χ0v) is 9.50. The van der Waals surface area contributed by atoms with Crippen LogP contribution in [0.4, 0.5) is 4.79 Å². The summed E-state index contributed by atoms with van der Waals surface area (Å²) in [6.45, 7) is 1.93. The fraction of sp³-hybridized carbons (Fsp3) is 0.750. The van der Waals surface area contributed by atoms with E-state index in [9.17, 15) is 18.0 Å². The first kappa shape index (κ1) is 12.0. The van der Waals surface area contributed by atoms with Crippen LogP contribution in [0.25, 0.3) is 0 Å². The summed E-state index contributed by atoms with van der Waals surface area (Å²) >= 11 is 0. The lowest BCUT2D eigenvalue weighted by molar-refractivity contribution is -0.121. The highest BCUT2D eigenvalue weighted by molar-refractivity contribution is 7.90. The number of rotatable bonds is 3. The molecule has 0 aliphatic carbocycles. The SMILES string of the molecule is CC(CS(C)(=O)=O)N1CCC(=O)NC1=O. The van der Waals surface area contributed by atoms with Gasteiger partial charge in [-0.15, -0.1) is 0 Å². The van der Waals surface area contributed by atoms with Gasteiger partial charge in [-0.1, -0.05) is 0 Å². The van der Waals surface area contributed by atoms with Crippen LogP contribution in [0.1, 0.15) is 13.3 Å². The molecule has 1 saturated heterocycles. The van der Waals surface area contributed by atoms with Crippen molar-refractivity contribution < 1.29 is 18.0 Å². The molecule has 0 radical (unpaired) electrons. The topological polar surface area (TPSA) is 83.6 Å². The second-order valence-corrected chi connectivity index (χ2v) is 5.92. The van der Waals surface area contributed by atoms with Crippen LogP contribution in [-0.4, -0.2) is 49.9 Å². The average Bonchev–Trinajstić information content (AvgIpc) is 1.99. The van der Waals surface area contributed by atoms with Gasteiger partial charge in [0, 0.05) is 25.3 Å². The molecule has 7 heteroatoms. The Morgan fingerprint density at radius 1 is 1.47 bits per heavy atom. The molecule has 0 aromatic heterocycles. The molecule has 1 N–H and O–H groups in total. The van der Waals surface area contributed by atoms with Gasteiger partial charge in [0.2, 0.25) is 5.91 Å². The summed E-state index contributed by atoms with van der Waals surface area (Å²) in [5.74, 6) is -0.406. The van der Waals surface area contributed by atoms with Gasteiger partial charge in [0.15, 0.2) is 0 Å². The van der Waals surface area contributed by atoms with E-state index in [1.165, 1.54) is 4.90 Å². The molecule has 86 valence electrons. The van der Waals surface area contributed by atoms with Gasteiger partial charge in [0.05, 0.1) is 5.75 Å². The van der Waals surface area contributed by atoms with Crippen molar-refractivity contribution in [2.24, 2.45) is 0 Å². The monoisotopic (exact) mass is 234 g/mol. The number of carbonyl (C=O) groups is 2. The van der Waals surface area contributed by atoms with Crippen LogP contribution in [-0.2, 0) is 14.6 Å². The lowest BCUT2D eigenvalue weighted by Crippen LogP contribution is -2.54. The third kappa shape index (κ3) is 3.50. The number of nitrogens with one attached hydrogen (secondary N) is 1. The number of carbonyl (C=O) groups excluding carboxylic acids is 2. The molecule has 1 aliphatic heterocycles. The van der Waals surface area contributed by atoms with Crippen molar-refractivity contribution in [3.63, 3.8) is 0 Å². The molecule has 15 heavy (non-hydrogen) atoms. The van der Waals surface area contributed by atoms with Gasteiger partial charge >= 0.3 is 6.03 Å². The second-order valence-electron chi connectivity index (χ2n) is 3.74. The van der Waals surface area contributed by atoms with Crippen molar-refractivity contribution in [3.8, 4) is 0 Å². The predicted octanol–water partition coefficient (Wildman–Crippen LogP) is -0.639. The van der Waals surface area contributed by atoms with Crippen LogP contribution in [0.5, 0.6) is 0 Å². The fourth-order valence-corrected chi connectivity index (χ4v) is 2.58. The van der Waals surface area contributed by atoms with Gasteiger partial charge in [0.25, 0.3) is 0 Å². The number of sulfone groups is 1. The first-order chi connectivity index (χ1) is 6.79. The van der Waals surface area contributed by atoms with Crippen LogP contribution in [0.2, 0.25) is 0 Å². The Kier molecular flexibility index (Phi) is 3.33. The van der Waals surface area contributed by atoms with E-state index >= 15 is 0 Å². The van der Waals surface area contributed by atoms with Gasteiger partial charge < -0.3 is 4.90 Å². The Bertz CT molecular complexity index is 376. The lowest BCUT2D eigenvalue weighted by Gasteiger charge is -2.31. The number of hydrogen-bond acceptors (Lipinski definition) is 4. The second kappa shape index (κ2) is 4.18. The number of hydrogen-bond donors (Lipinski definition) is 1. The normalized spacial score (nSPS) is 20.0. The molecule has 1 aliphatic rings. The van der Waals surface area contributed by atoms with Crippen LogP contribution in [0, 0.1) is 0 Å². The molecule has 1 atom stereocenters. The summed E-state index contributed by atoms with van der Waals surface area (Å²) in [5.41, 5.74) is 0. The molecule has 3 amide bonds. The minimum Gasteiger partial charge on any atom is -0.320 e. The van der Waals surface area contributed by atoms with Crippen molar-refractivity contribution in [1.82, 2.24) is 10.2 Å². The molecule has 0 aromatic carbocycles. The van der Waals surface area contributed by atoms with Crippen molar-refractivity contribution in [2.75, 3.05) is 18.6 Å². The third-order valence-electron chi connectivity index (χ3n) is 2.16. The predicted molar refractivity (Wildman–Crippen MR) is 54.0 cm³/mol. The molecule has 1 heterocycles. The van der Waals surface area contributed by atoms with E-state index < -0.39 is 21.9 Å². The minimum atomic E-state index is -3.12. The quantitative estimate of drug-likeness (QED) is 0.704. The third-order valence-corrected chi connectivity index (χ3v) is 3.25. The molecule has 6 nitrogen and oxygen atoms in total. The molecule has 1 unspecified atom stereocenters. The number of nitrogens with zero attached hydrogens (tertiary/aromatic N) is 1. The largest absolute Gasteiger partial charge is 0.324 e. The Hall–Kier alpha value is -1.11. The van der Waals surface area contributed by atoms with Gasteiger partial charge in [-0.2, -0.15) is 0 Å². The minimum absolute atomic E-state index is 0.0887. The van der Waals surface area contributed by atoms with Crippen molar-refractivity contribution in [1.29, 1.82) is 0 Å². The Balaban J connectivity index is 2.64. The fourth-order valence-electron chi connectivity index (χ4n) is 1.53. The van der Waals surface area contributed by atoms with E-state index in [1.807, 2.05) is 0 Å². The maximum atomic E-state index is 11.3. The van der Waals surface area contributed by atoms with Gasteiger partial charge in [-0.05, 0) is 6.92 Å². The van der Waals surface area contributed by atoms with Crippen molar-refractivity contribution in [3.05, 3.63) is 0 Å². The van der Waals surface area contributed by atoms with Crippen molar-refractivity contribution >= 4 is 21.8 Å². The molecule has 0 bridgehead atoms. The summed E-state index contributed by atoms with van der Waals surface area (Å²) in [6, 6.07) is -0.921. The summed E-state index contributed by atoms with van der Waals surface area (Å²) < 4.78 is 22.1. The molecule has 1 fully saturated rings. The molecule has 1 rings (SSSR count). The van der Waals surface area contributed by atoms with Crippen LogP contribution in [0.15, 0.2) is 0 Å². The van der Waals surface area contributed by atoms with E-state index in [0.717, 1.165) is 6.26 Å². The number of imide groups is 1. The molecule has 0 saturated carbocycles. The lowest BCUT2D eigenvalue weighted by atomic mass is 10.2. The summed E-state index contributed by atoms with van der Waals surface area (Å²) in [5, 5.41) is 2.15. The highest BCUT2D eigenvalue weighted by Gasteiger charge is 2.28.